The highest BCUT2D eigenvalue weighted by Crippen LogP contribution is 2.31. The van der Waals surface area contributed by atoms with E-state index in [2.05, 4.69) is 5.32 Å². The second-order valence-electron chi connectivity index (χ2n) is 5.87. The van der Waals surface area contributed by atoms with E-state index < -0.39 is 0 Å². The molecule has 0 aromatic heterocycles. The molecule has 2 aromatic carbocycles. The Balaban J connectivity index is 1.67. The lowest BCUT2D eigenvalue weighted by Crippen LogP contribution is -2.38. The number of hydrogen-bond donors (Lipinski definition) is 1. The summed E-state index contributed by atoms with van der Waals surface area (Å²) in [7, 11) is 1.82. The summed E-state index contributed by atoms with van der Waals surface area (Å²) in [5.41, 5.74) is 2.18. The molecule has 1 atom stereocenters. The predicted molar refractivity (Wildman–Crippen MR) is 90.4 cm³/mol. The number of para-hydroxylation sites is 1. The Kier molecular flexibility index (Phi) is 4.81. The van der Waals surface area contributed by atoms with Crippen molar-refractivity contribution in [1.82, 2.24) is 10.2 Å². The fourth-order valence-electron chi connectivity index (χ4n) is 2.86. The molecule has 3 rings (SSSR count). The van der Waals surface area contributed by atoms with Gasteiger partial charge in [-0.25, -0.2) is 4.79 Å². The Morgan fingerprint density at radius 3 is 2.74 bits per heavy atom. The highest BCUT2D eigenvalue weighted by molar-refractivity contribution is 5.74. The number of amides is 2. The van der Waals surface area contributed by atoms with Gasteiger partial charge in [-0.15, -0.1) is 0 Å². The van der Waals surface area contributed by atoms with Crippen molar-refractivity contribution in [2.45, 2.75) is 25.4 Å². The predicted octanol–water partition coefficient (Wildman–Crippen LogP) is 3.74. The number of urea groups is 1. The quantitative estimate of drug-likeness (QED) is 0.938. The van der Waals surface area contributed by atoms with Crippen LogP contribution in [-0.2, 0) is 6.54 Å². The lowest BCUT2D eigenvalue weighted by molar-refractivity contribution is 0.202. The summed E-state index contributed by atoms with van der Waals surface area (Å²) < 4.78 is 5.75. The minimum absolute atomic E-state index is 0.000534. The van der Waals surface area contributed by atoms with Gasteiger partial charge in [0.15, 0.2) is 0 Å². The van der Waals surface area contributed by atoms with Gasteiger partial charge in [0.1, 0.15) is 5.75 Å². The zero-order valence-corrected chi connectivity index (χ0v) is 13.4. The second kappa shape index (κ2) is 7.18. The first kappa shape index (κ1) is 15.4. The minimum atomic E-state index is -0.0597. The highest BCUT2D eigenvalue weighted by atomic mass is 16.5. The molecule has 1 heterocycles. The number of fused-ring (bicyclic) bond motifs is 1. The second-order valence-corrected chi connectivity index (χ2v) is 5.87. The van der Waals surface area contributed by atoms with Gasteiger partial charge in [0, 0.05) is 19.2 Å². The topological polar surface area (TPSA) is 41.6 Å². The molecule has 23 heavy (non-hydrogen) atoms. The molecule has 1 aliphatic heterocycles. The maximum Gasteiger partial charge on any atom is 0.317 e. The Labute approximate surface area is 137 Å². The fourth-order valence-corrected chi connectivity index (χ4v) is 2.86. The van der Waals surface area contributed by atoms with Crippen molar-refractivity contribution in [3.63, 3.8) is 0 Å². The van der Waals surface area contributed by atoms with E-state index in [9.17, 15) is 4.79 Å². The van der Waals surface area contributed by atoms with Crippen LogP contribution in [-0.4, -0.2) is 24.6 Å². The van der Waals surface area contributed by atoms with Crippen LogP contribution in [0.4, 0.5) is 4.79 Å². The first-order valence-electron chi connectivity index (χ1n) is 8.01. The van der Waals surface area contributed by atoms with Crippen LogP contribution in [0.3, 0.4) is 0 Å². The molecule has 0 saturated heterocycles. The highest BCUT2D eigenvalue weighted by Gasteiger charge is 2.22. The smallest absolute Gasteiger partial charge is 0.317 e. The van der Waals surface area contributed by atoms with Crippen molar-refractivity contribution in [3.8, 4) is 5.75 Å². The first-order valence-corrected chi connectivity index (χ1v) is 8.01. The molecule has 120 valence electrons. The van der Waals surface area contributed by atoms with Crippen molar-refractivity contribution >= 4 is 6.03 Å². The first-order chi connectivity index (χ1) is 11.2. The fraction of sp³-hybridized carbons (Fsp3) is 0.316. The van der Waals surface area contributed by atoms with E-state index in [1.807, 2.05) is 61.6 Å². The third kappa shape index (κ3) is 3.83. The number of carbonyl (C=O) groups excluding carboxylic acids is 1. The molecule has 0 aliphatic carbocycles. The lowest BCUT2D eigenvalue weighted by Gasteiger charge is -2.23. The number of ether oxygens (including phenoxy) is 1. The van der Waals surface area contributed by atoms with Gasteiger partial charge in [0.05, 0.1) is 12.6 Å². The van der Waals surface area contributed by atoms with Gasteiger partial charge >= 0.3 is 6.03 Å². The van der Waals surface area contributed by atoms with Crippen molar-refractivity contribution in [3.05, 3.63) is 65.7 Å². The maximum absolute atomic E-state index is 12.5. The summed E-state index contributed by atoms with van der Waals surface area (Å²) in [6.45, 7) is 1.29. The minimum Gasteiger partial charge on any atom is -0.493 e. The van der Waals surface area contributed by atoms with Gasteiger partial charge in [-0.05, 0) is 24.5 Å². The van der Waals surface area contributed by atoms with Crippen molar-refractivity contribution < 1.29 is 9.53 Å². The number of hydrogen-bond acceptors (Lipinski definition) is 2. The van der Waals surface area contributed by atoms with Crippen LogP contribution in [0.5, 0.6) is 5.75 Å². The summed E-state index contributed by atoms with van der Waals surface area (Å²) in [4.78, 5) is 14.2. The van der Waals surface area contributed by atoms with Crippen molar-refractivity contribution in [2.24, 2.45) is 0 Å². The summed E-state index contributed by atoms with van der Waals surface area (Å²) in [5.74, 6) is 0.876. The molecule has 0 spiro atoms. The molecule has 0 bridgehead atoms. The molecular weight excluding hydrogens is 288 g/mol. The van der Waals surface area contributed by atoms with Crippen LogP contribution < -0.4 is 10.1 Å². The van der Waals surface area contributed by atoms with Gasteiger partial charge in [-0.2, -0.15) is 0 Å². The standard InChI is InChI=1S/C19H22N2O2/c1-21(14-15-8-3-2-4-9-15)19(22)20-17-11-7-13-23-18-12-6-5-10-16(17)18/h2-6,8-10,12,17H,7,11,13-14H2,1H3,(H,20,22). The molecule has 0 saturated carbocycles. The van der Waals surface area contributed by atoms with E-state index in [0.29, 0.717) is 13.2 Å². The molecule has 2 aromatic rings. The number of benzene rings is 2. The van der Waals surface area contributed by atoms with Gasteiger partial charge in [-0.3, -0.25) is 0 Å². The molecule has 1 unspecified atom stereocenters. The number of carbonyl (C=O) groups is 1. The summed E-state index contributed by atoms with van der Waals surface area (Å²) >= 11 is 0. The van der Waals surface area contributed by atoms with Crippen molar-refractivity contribution in [2.75, 3.05) is 13.7 Å². The van der Waals surface area contributed by atoms with Crippen molar-refractivity contribution in [1.29, 1.82) is 0 Å². The molecule has 2 amide bonds. The summed E-state index contributed by atoms with van der Waals surface area (Å²) in [5, 5.41) is 3.14. The van der Waals surface area contributed by atoms with E-state index in [4.69, 9.17) is 4.74 Å². The molecule has 0 radical (unpaired) electrons. The Morgan fingerprint density at radius 2 is 1.91 bits per heavy atom. The number of nitrogens with one attached hydrogen (secondary N) is 1. The van der Waals surface area contributed by atoms with Crippen LogP contribution in [0.25, 0.3) is 0 Å². The van der Waals surface area contributed by atoms with E-state index in [1.54, 1.807) is 4.90 Å². The number of nitrogens with zero attached hydrogens (tertiary/aromatic N) is 1. The number of rotatable bonds is 3. The Bertz CT molecular complexity index is 657. The van der Waals surface area contributed by atoms with Gasteiger partial charge in [0.2, 0.25) is 0 Å². The van der Waals surface area contributed by atoms with Crippen LogP contribution in [0.2, 0.25) is 0 Å². The third-order valence-electron chi connectivity index (χ3n) is 4.10. The molecular formula is C19H22N2O2. The van der Waals surface area contributed by atoms with Crippen LogP contribution in [0.15, 0.2) is 54.6 Å². The van der Waals surface area contributed by atoms with E-state index in [0.717, 1.165) is 29.7 Å². The SMILES string of the molecule is CN(Cc1ccccc1)C(=O)NC1CCCOc2ccccc21. The molecule has 4 heteroatoms. The van der Waals surface area contributed by atoms with Gasteiger partial charge in [0.25, 0.3) is 0 Å². The molecule has 0 fully saturated rings. The molecule has 1 aliphatic rings. The van der Waals surface area contributed by atoms with E-state index >= 15 is 0 Å². The normalized spacial score (nSPS) is 16.7. The average Bonchev–Trinajstić information content (AvgIpc) is 2.78. The summed E-state index contributed by atoms with van der Waals surface area (Å²) in [6.07, 6.45) is 1.82. The monoisotopic (exact) mass is 310 g/mol. The van der Waals surface area contributed by atoms with Crippen LogP contribution in [0.1, 0.15) is 30.0 Å². The Morgan fingerprint density at radius 1 is 1.17 bits per heavy atom. The largest absolute Gasteiger partial charge is 0.493 e. The molecule has 1 N–H and O–H groups in total. The average molecular weight is 310 g/mol. The van der Waals surface area contributed by atoms with E-state index in [1.165, 1.54) is 0 Å². The van der Waals surface area contributed by atoms with Gasteiger partial charge < -0.3 is 15.0 Å². The van der Waals surface area contributed by atoms with E-state index in [-0.39, 0.29) is 12.1 Å². The van der Waals surface area contributed by atoms with Crippen LogP contribution in [0, 0.1) is 0 Å². The zero-order chi connectivity index (χ0) is 16.1. The van der Waals surface area contributed by atoms with Gasteiger partial charge in [-0.1, -0.05) is 48.5 Å². The Hall–Kier alpha value is -2.49. The third-order valence-corrected chi connectivity index (χ3v) is 4.10. The molecule has 4 nitrogen and oxygen atoms in total. The zero-order valence-electron chi connectivity index (χ0n) is 13.4. The maximum atomic E-state index is 12.5. The lowest BCUT2D eigenvalue weighted by atomic mass is 10.0. The van der Waals surface area contributed by atoms with Crippen LogP contribution >= 0.6 is 0 Å². The summed E-state index contributed by atoms with van der Waals surface area (Å²) in [6, 6.07) is 17.9.